The molecule has 0 saturated carbocycles. The van der Waals surface area contributed by atoms with Gasteiger partial charge in [0.05, 0.1) is 5.38 Å². The fourth-order valence-corrected chi connectivity index (χ4v) is 2.45. The van der Waals surface area contributed by atoms with Gasteiger partial charge < -0.3 is 0 Å². The molecule has 0 bridgehead atoms. The highest BCUT2D eigenvalue weighted by Crippen LogP contribution is 2.31. The molecule has 20 heavy (non-hydrogen) atoms. The predicted molar refractivity (Wildman–Crippen MR) is 84.0 cm³/mol. The zero-order valence-corrected chi connectivity index (χ0v) is 13.1. The fraction of sp³-hybridized carbons (Fsp3) is 0.333. The van der Waals surface area contributed by atoms with Gasteiger partial charge in [-0.3, -0.25) is 0 Å². The molecule has 1 unspecified atom stereocenters. The van der Waals surface area contributed by atoms with Crippen molar-refractivity contribution in [3.05, 3.63) is 70.5 Å². The highest BCUT2D eigenvalue weighted by Gasteiger charge is 2.16. The molecule has 2 rings (SSSR count). The summed E-state index contributed by atoms with van der Waals surface area (Å²) in [6.45, 7) is 8.31. The summed E-state index contributed by atoms with van der Waals surface area (Å²) in [7, 11) is 0. The maximum absolute atomic E-state index is 13.3. The maximum Gasteiger partial charge on any atom is 0.126 e. The Kier molecular flexibility index (Phi) is 4.19. The van der Waals surface area contributed by atoms with Crippen molar-refractivity contribution in [3.8, 4) is 0 Å². The Labute approximate surface area is 125 Å². The molecule has 0 radical (unpaired) electrons. The summed E-state index contributed by atoms with van der Waals surface area (Å²) in [6, 6.07) is 13.4. The Morgan fingerprint density at radius 1 is 0.950 bits per heavy atom. The molecular formula is C18H20ClF. The van der Waals surface area contributed by atoms with E-state index in [0.29, 0.717) is 5.56 Å². The van der Waals surface area contributed by atoms with Crippen molar-refractivity contribution in [3.63, 3.8) is 0 Å². The number of rotatable bonds is 2. The third-order valence-corrected chi connectivity index (χ3v) is 4.05. The Balaban J connectivity index is 2.29. The van der Waals surface area contributed by atoms with E-state index < -0.39 is 0 Å². The summed E-state index contributed by atoms with van der Waals surface area (Å²) >= 11 is 6.50. The minimum atomic E-state index is -0.247. The van der Waals surface area contributed by atoms with Crippen LogP contribution in [-0.2, 0) is 5.41 Å². The van der Waals surface area contributed by atoms with E-state index >= 15 is 0 Å². The normalized spacial score (nSPS) is 13.3. The molecule has 0 saturated heterocycles. The van der Waals surface area contributed by atoms with Gasteiger partial charge >= 0.3 is 0 Å². The molecule has 0 aliphatic carbocycles. The van der Waals surface area contributed by atoms with E-state index in [2.05, 4.69) is 45.0 Å². The van der Waals surface area contributed by atoms with Crippen molar-refractivity contribution in [2.24, 2.45) is 0 Å². The quantitative estimate of drug-likeness (QED) is 0.617. The molecule has 0 nitrogen and oxygen atoms in total. The smallest absolute Gasteiger partial charge is 0.126 e. The largest absolute Gasteiger partial charge is 0.207 e. The van der Waals surface area contributed by atoms with Gasteiger partial charge in [-0.1, -0.05) is 57.2 Å². The molecule has 106 valence electrons. The maximum atomic E-state index is 13.3. The van der Waals surface area contributed by atoms with Gasteiger partial charge in [-0.25, -0.2) is 4.39 Å². The summed E-state index contributed by atoms with van der Waals surface area (Å²) in [5.74, 6) is -0.194. The van der Waals surface area contributed by atoms with Crippen molar-refractivity contribution < 1.29 is 4.39 Å². The van der Waals surface area contributed by atoms with Crippen LogP contribution in [-0.4, -0.2) is 0 Å². The summed E-state index contributed by atoms with van der Waals surface area (Å²) in [5.41, 5.74) is 3.99. The molecule has 0 aliphatic heterocycles. The second kappa shape index (κ2) is 5.57. The predicted octanol–water partition coefficient (Wildman–Crippen LogP) is 5.76. The van der Waals surface area contributed by atoms with Gasteiger partial charge in [0, 0.05) is 0 Å². The molecule has 2 aromatic carbocycles. The molecule has 2 heteroatoms. The number of halogens is 2. The van der Waals surface area contributed by atoms with Crippen LogP contribution >= 0.6 is 11.6 Å². The lowest BCUT2D eigenvalue weighted by atomic mass is 9.86. The van der Waals surface area contributed by atoms with Crippen molar-refractivity contribution in [1.82, 2.24) is 0 Å². The van der Waals surface area contributed by atoms with Gasteiger partial charge in [-0.15, -0.1) is 11.6 Å². The van der Waals surface area contributed by atoms with E-state index in [9.17, 15) is 4.39 Å². The van der Waals surface area contributed by atoms with E-state index in [1.807, 2.05) is 6.07 Å². The molecule has 1 atom stereocenters. The van der Waals surface area contributed by atoms with Gasteiger partial charge in [-0.05, 0) is 40.7 Å². The lowest BCUT2D eigenvalue weighted by Crippen LogP contribution is -2.10. The van der Waals surface area contributed by atoms with Crippen LogP contribution in [0.4, 0.5) is 4.39 Å². The lowest BCUT2D eigenvalue weighted by Gasteiger charge is -2.20. The number of aryl methyl sites for hydroxylation is 1. The number of hydrogen-bond donors (Lipinski definition) is 0. The first-order valence-corrected chi connectivity index (χ1v) is 7.23. The van der Waals surface area contributed by atoms with Crippen LogP contribution in [0.3, 0.4) is 0 Å². The first kappa shape index (κ1) is 15.1. The summed E-state index contributed by atoms with van der Waals surface area (Å²) in [5, 5.41) is -0.247. The minimum absolute atomic E-state index is 0.132. The Morgan fingerprint density at radius 3 is 2.00 bits per heavy atom. The Bertz CT molecular complexity index is 594. The van der Waals surface area contributed by atoms with Crippen molar-refractivity contribution in [2.45, 2.75) is 38.5 Å². The molecular weight excluding hydrogens is 271 g/mol. The monoisotopic (exact) mass is 290 g/mol. The molecule has 0 heterocycles. The van der Waals surface area contributed by atoms with E-state index in [4.69, 9.17) is 11.6 Å². The molecule has 0 amide bonds. The standard InChI is InChI=1S/C18H20ClF/c1-12-11-14(7-10-16(12)20)17(19)13-5-8-15(9-6-13)18(2,3)4/h5-11,17H,1-4H3. The molecule has 2 aromatic rings. The molecule has 0 N–H and O–H groups in total. The van der Waals surface area contributed by atoms with Gasteiger partial charge in [0.25, 0.3) is 0 Å². The van der Waals surface area contributed by atoms with Crippen LogP contribution < -0.4 is 0 Å². The third-order valence-electron chi connectivity index (χ3n) is 3.54. The van der Waals surface area contributed by atoms with E-state index in [-0.39, 0.29) is 16.6 Å². The second-order valence-corrected chi connectivity index (χ2v) is 6.68. The van der Waals surface area contributed by atoms with Crippen LogP contribution in [0, 0.1) is 12.7 Å². The Hall–Kier alpha value is -1.34. The average molecular weight is 291 g/mol. The number of alkyl halides is 1. The van der Waals surface area contributed by atoms with Crippen molar-refractivity contribution >= 4 is 11.6 Å². The van der Waals surface area contributed by atoms with Gasteiger partial charge in [-0.2, -0.15) is 0 Å². The first-order valence-electron chi connectivity index (χ1n) is 6.79. The van der Waals surface area contributed by atoms with E-state index in [1.54, 1.807) is 13.0 Å². The average Bonchev–Trinajstić information content (AvgIpc) is 2.40. The molecule has 0 spiro atoms. The fourth-order valence-electron chi connectivity index (χ4n) is 2.17. The highest BCUT2D eigenvalue weighted by atomic mass is 35.5. The van der Waals surface area contributed by atoms with Crippen LogP contribution in [0.25, 0.3) is 0 Å². The number of benzene rings is 2. The SMILES string of the molecule is Cc1cc(C(Cl)c2ccc(C(C)(C)C)cc2)ccc1F. The summed E-state index contributed by atoms with van der Waals surface area (Å²) < 4.78 is 13.3. The highest BCUT2D eigenvalue weighted by molar-refractivity contribution is 6.22. The third kappa shape index (κ3) is 3.21. The van der Waals surface area contributed by atoms with E-state index in [0.717, 1.165) is 11.1 Å². The zero-order valence-electron chi connectivity index (χ0n) is 12.4. The summed E-state index contributed by atoms with van der Waals surface area (Å²) in [4.78, 5) is 0. The summed E-state index contributed by atoms with van der Waals surface area (Å²) in [6.07, 6.45) is 0. The molecule has 0 fully saturated rings. The van der Waals surface area contributed by atoms with E-state index in [1.165, 1.54) is 11.6 Å². The molecule has 0 aromatic heterocycles. The number of hydrogen-bond acceptors (Lipinski definition) is 0. The first-order chi connectivity index (χ1) is 9.29. The van der Waals surface area contributed by atoms with Crippen LogP contribution in [0.5, 0.6) is 0 Å². The van der Waals surface area contributed by atoms with Gasteiger partial charge in [0.1, 0.15) is 5.82 Å². The van der Waals surface area contributed by atoms with Gasteiger partial charge in [0.2, 0.25) is 0 Å². The van der Waals surface area contributed by atoms with Crippen molar-refractivity contribution in [2.75, 3.05) is 0 Å². The topological polar surface area (TPSA) is 0 Å². The van der Waals surface area contributed by atoms with Crippen molar-refractivity contribution in [1.29, 1.82) is 0 Å². The zero-order chi connectivity index (χ0) is 14.9. The van der Waals surface area contributed by atoms with Gasteiger partial charge in [0.15, 0.2) is 0 Å². The molecule has 0 aliphatic rings. The Morgan fingerprint density at radius 2 is 1.50 bits per heavy atom. The minimum Gasteiger partial charge on any atom is -0.207 e. The van der Waals surface area contributed by atoms with Crippen LogP contribution in [0.2, 0.25) is 0 Å². The van der Waals surface area contributed by atoms with Crippen LogP contribution in [0.1, 0.15) is 48.4 Å². The lowest BCUT2D eigenvalue weighted by molar-refractivity contribution is 0.590. The second-order valence-electron chi connectivity index (χ2n) is 6.24. The van der Waals surface area contributed by atoms with Crippen LogP contribution in [0.15, 0.2) is 42.5 Å².